The van der Waals surface area contributed by atoms with Crippen molar-refractivity contribution in [1.82, 2.24) is 0 Å². The number of benzene rings is 2. The molecule has 0 saturated heterocycles. The Labute approximate surface area is 126 Å². The van der Waals surface area contributed by atoms with Gasteiger partial charge in [-0.2, -0.15) is 26.0 Å². The van der Waals surface area contributed by atoms with Crippen LogP contribution >= 0.6 is 0 Å². The molecule has 0 spiro atoms. The molecule has 2 rings (SSSR count). The maximum Gasteiger partial charge on any atom is 0.416 e. The van der Waals surface area contributed by atoms with Crippen LogP contribution in [0.5, 0.6) is 0 Å². The zero-order valence-electron chi connectivity index (χ0n) is 11.5. The van der Waals surface area contributed by atoms with Crippen LogP contribution < -0.4 is 0 Å². The van der Waals surface area contributed by atoms with E-state index in [0.29, 0.717) is 0 Å². The molecule has 0 amide bonds. The molecule has 3 nitrogen and oxygen atoms in total. The Morgan fingerprint density at radius 2 is 1.68 bits per heavy atom. The van der Waals surface area contributed by atoms with E-state index in [-0.39, 0.29) is 10.5 Å². The van der Waals surface area contributed by atoms with Crippen molar-refractivity contribution in [3.63, 3.8) is 0 Å². The van der Waals surface area contributed by atoms with Gasteiger partial charge in [-0.05, 0) is 36.8 Å². The third kappa shape index (κ3) is 3.94. The lowest BCUT2D eigenvalue weighted by atomic mass is 10.1. The average Bonchev–Trinajstić information content (AvgIpc) is 2.45. The van der Waals surface area contributed by atoms with Crippen molar-refractivity contribution in [3.05, 3.63) is 65.2 Å². The Kier molecular flexibility index (Phi) is 4.37. The van der Waals surface area contributed by atoms with Crippen LogP contribution in [0, 0.1) is 6.92 Å². The maximum absolute atomic E-state index is 12.6. The number of halogens is 3. The van der Waals surface area contributed by atoms with Crippen LogP contribution in [-0.2, 0) is 16.2 Å². The molecule has 2 aromatic carbocycles. The summed E-state index contributed by atoms with van der Waals surface area (Å²) in [6, 6.07) is 10.3. The molecule has 7 heteroatoms. The van der Waals surface area contributed by atoms with E-state index in [2.05, 4.69) is 4.40 Å². The fourth-order valence-electron chi connectivity index (χ4n) is 1.70. The second kappa shape index (κ2) is 5.92. The zero-order valence-corrected chi connectivity index (χ0v) is 12.3. The molecule has 0 heterocycles. The van der Waals surface area contributed by atoms with E-state index < -0.39 is 21.8 Å². The molecular formula is C15H12F3NO2S. The molecule has 22 heavy (non-hydrogen) atoms. The summed E-state index contributed by atoms with van der Waals surface area (Å²) in [5, 5.41) is 0. The molecule has 0 aliphatic heterocycles. The van der Waals surface area contributed by atoms with Gasteiger partial charge in [0.25, 0.3) is 10.0 Å². The summed E-state index contributed by atoms with van der Waals surface area (Å²) >= 11 is 0. The third-order valence-electron chi connectivity index (χ3n) is 2.87. The Morgan fingerprint density at radius 3 is 2.27 bits per heavy atom. The van der Waals surface area contributed by atoms with Crippen molar-refractivity contribution in [2.45, 2.75) is 18.0 Å². The quantitative estimate of drug-likeness (QED) is 0.805. The second-order valence-corrected chi connectivity index (χ2v) is 6.28. The number of nitrogens with zero attached hydrogens (tertiary/aromatic N) is 1. The van der Waals surface area contributed by atoms with E-state index in [4.69, 9.17) is 0 Å². The molecule has 0 N–H and O–H groups in total. The summed E-state index contributed by atoms with van der Waals surface area (Å²) < 4.78 is 65.1. The highest BCUT2D eigenvalue weighted by atomic mass is 32.2. The lowest BCUT2D eigenvalue weighted by molar-refractivity contribution is -0.137. The average molecular weight is 327 g/mol. The first-order valence-corrected chi connectivity index (χ1v) is 7.67. The normalized spacial score (nSPS) is 12.7. The topological polar surface area (TPSA) is 46.5 Å². The van der Waals surface area contributed by atoms with Crippen molar-refractivity contribution < 1.29 is 21.6 Å². The Bertz CT molecular complexity index is 794. The Morgan fingerprint density at radius 1 is 1.05 bits per heavy atom. The summed E-state index contributed by atoms with van der Waals surface area (Å²) in [6.45, 7) is 1.81. The lowest BCUT2D eigenvalue weighted by Gasteiger charge is -2.06. The molecule has 0 bridgehead atoms. The minimum absolute atomic E-state index is 0.0127. The molecular weight excluding hydrogens is 315 g/mol. The number of rotatable bonds is 3. The molecule has 0 aliphatic rings. The zero-order chi connectivity index (χ0) is 16.4. The highest BCUT2D eigenvalue weighted by Crippen LogP contribution is 2.29. The standard InChI is InChI=1S/C15H12F3NO2S/c1-11-5-7-14(8-6-11)22(20,21)19-10-12-3-2-4-13(9-12)15(16,17)18/h2-10H,1H3. The van der Waals surface area contributed by atoms with Crippen molar-refractivity contribution in [2.75, 3.05) is 0 Å². The van der Waals surface area contributed by atoms with Gasteiger partial charge in [0.1, 0.15) is 0 Å². The maximum atomic E-state index is 12.6. The van der Waals surface area contributed by atoms with Gasteiger partial charge in [-0.25, -0.2) is 0 Å². The van der Waals surface area contributed by atoms with Gasteiger partial charge >= 0.3 is 6.18 Å². The molecule has 116 valence electrons. The monoisotopic (exact) mass is 327 g/mol. The fourth-order valence-corrected chi connectivity index (χ4v) is 2.56. The summed E-state index contributed by atoms with van der Waals surface area (Å²) in [5.74, 6) is 0. The van der Waals surface area contributed by atoms with Crippen LogP contribution in [0.25, 0.3) is 0 Å². The largest absolute Gasteiger partial charge is 0.416 e. The Hall–Kier alpha value is -2.15. The molecule has 0 aromatic heterocycles. The highest BCUT2D eigenvalue weighted by Gasteiger charge is 2.30. The Balaban J connectivity index is 2.30. The van der Waals surface area contributed by atoms with Crippen molar-refractivity contribution in [1.29, 1.82) is 0 Å². The van der Waals surface area contributed by atoms with E-state index in [1.165, 1.54) is 24.3 Å². The highest BCUT2D eigenvalue weighted by molar-refractivity contribution is 7.90. The number of aryl methyl sites for hydroxylation is 1. The summed E-state index contributed by atoms with van der Waals surface area (Å²) in [7, 11) is -3.94. The molecule has 2 aromatic rings. The van der Waals surface area contributed by atoms with E-state index in [9.17, 15) is 21.6 Å². The number of hydrogen-bond acceptors (Lipinski definition) is 2. The van der Waals surface area contributed by atoms with E-state index in [1.807, 2.05) is 6.92 Å². The van der Waals surface area contributed by atoms with Crippen molar-refractivity contribution >= 4 is 16.2 Å². The number of alkyl halides is 3. The summed E-state index contributed by atoms with van der Waals surface area (Å²) in [6.07, 6.45) is -3.58. The van der Waals surface area contributed by atoms with Gasteiger partial charge in [-0.15, -0.1) is 0 Å². The van der Waals surface area contributed by atoms with Crippen molar-refractivity contribution in [3.8, 4) is 0 Å². The minimum Gasteiger partial charge on any atom is -0.199 e. The van der Waals surface area contributed by atoms with E-state index >= 15 is 0 Å². The lowest BCUT2D eigenvalue weighted by Crippen LogP contribution is -2.05. The second-order valence-electron chi connectivity index (χ2n) is 4.65. The van der Waals surface area contributed by atoms with Gasteiger partial charge in [-0.1, -0.05) is 29.8 Å². The van der Waals surface area contributed by atoms with Crippen molar-refractivity contribution in [2.24, 2.45) is 4.40 Å². The van der Waals surface area contributed by atoms with Crippen LogP contribution in [0.1, 0.15) is 16.7 Å². The van der Waals surface area contributed by atoms with Crippen LogP contribution in [0.4, 0.5) is 13.2 Å². The minimum atomic E-state index is -4.49. The van der Waals surface area contributed by atoms with Gasteiger partial charge in [-0.3, -0.25) is 0 Å². The third-order valence-corrected chi connectivity index (χ3v) is 4.12. The summed E-state index contributed by atoms with van der Waals surface area (Å²) in [5.41, 5.74) is 0.0931. The predicted octanol–water partition coefficient (Wildman–Crippen LogP) is 3.82. The van der Waals surface area contributed by atoms with Gasteiger partial charge in [0, 0.05) is 6.21 Å². The number of sulfonamides is 1. The predicted molar refractivity (Wildman–Crippen MR) is 77.4 cm³/mol. The van der Waals surface area contributed by atoms with Crippen LogP contribution in [-0.4, -0.2) is 14.6 Å². The molecule has 0 saturated carbocycles. The SMILES string of the molecule is Cc1ccc(S(=O)(=O)N=Cc2cccc(C(F)(F)F)c2)cc1. The van der Waals surface area contributed by atoms with Gasteiger partial charge in [0.2, 0.25) is 0 Å². The van der Waals surface area contributed by atoms with Crippen LogP contribution in [0.15, 0.2) is 57.8 Å². The van der Waals surface area contributed by atoms with E-state index in [1.54, 1.807) is 12.1 Å². The van der Waals surface area contributed by atoms with Crippen LogP contribution in [0.3, 0.4) is 0 Å². The first-order chi connectivity index (χ1) is 10.2. The smallest absolute Gasteiger partial charge is 0.199 e. The van der Waals surface area contributed by atoms with Crippen LogP contribution in [0.2, 0.25) is 0 Å². The molecule has 0 fully saturated rings. The number of hydrogen-bond donors (Lipinski definition) is 0. The molecule has 0 radical (unpaired) electrons. The van der Waals surface area contributed by atoms with Gasteiger partial charge in [0.05, 0.1) is 10.5 Å². The van der Waals surface area contributed by atoms with E-state index in [0.717, 1.165) is 23.9 Å². The first kappa shape index (κ1) is 16.2. The first-order valence-electron chi connectivity index (χ1n) is 6.23. The van der Waals surface area contributed by atoms with Gasteiger partial charge < -0.3 is 0 Å². The van der Waals surface area contributed by atoms with Gasteiger partial charge in [0.15, 0.2) is 0 Å². The molecule has 0 unspecified atom stereocenters. The summed E-state index contributed by atoms with van der Waals surface area (Å²) in [4.78, 5) is -0.0127. The fraction of sp³-hybridized carbons (Fsp3) is 0.133. The molecule has 0 aliphatic carbocycles. The molecule has 0 atom stereocenters.